The van der Waals surface area contributed by atoms with E-state index in [-0.39, 0.29) is 0 Å². The molecule has 1 unspecified atom stereocenters. The fourth-order valence-corrected chi connectivity index (χ4v) is 5.41. The third-order valence-corrected chi connectivity index (χ3v) is 7.08. The summed E-state index contributed by atoms with van der Waals surface area (Å²) >= 11 is 0. The average Bonchev–Trinajstić information content (AvgIpc) is 3.23. The quantitative estimate of drug-likeness (QED) is 0.450. The molecule has 6 rings (SSSR count). The molecule has 0 fully saturated rings. The molecular formula is C28H28N2O3. The predicted octanol–water partition coefficient (Wildman–Crippen LogP) is 5.42. The average molecular weight is 441 g/mol. The van der Waals surface area contributed by atoms with E-state index in [0.29, 0.717) is 12.6 Å². The van der Waals surface area contributed by atoms with Crippen LogP contribution in [0.4, 0.5) is 0 Å². The van der Waals surface area contributed by atoms with Gasteiger partial charge in [-0.15, -0.1) is 0 Å². The van der Waals surface area contributed by atoms with Gasteiger partial charge in [0.2, 0.25) is 0 Å². The Labute approximate surface area is 193 Å². The number of rotatable bonds is 5. The molecule has 1 N–H and O–H groups in total. The van der Waals surface area contributed by atoms with Gasteiger partial charge in [0.25, 0.3) is 0 Å². The molecule has 0 radical (unpaired) electrons. The van der Waals surface area contributed by atoms with Gasteiger partial charge in [-0.2, -0.15) is 0 Å². The number of aromatic nitrogens is 1. The summed E-state index contributed by atoms with van der Waals surface area (Å²) in [5, 5.41) is 1.35. The van der Waals surface area contributed by atoms with Crippen LogP contribution in [-0.2, 0) is 26.0 Å². The number of methoxy groups -OCH3 is 2. The maximum absolute atomic E-state index is 6.22. The zero-order chi connectivity index (χ0) is 22.4. The zero-order valence-corrected chi connectivity index (χ0v) is 19.1. The SMILES string of the molecule is COc1cccc(COc2cc3c(cc2OC)C2Cc4c([nH]c5ccccc45)CN2CC3)c1. The number of H-pyrrole nitrogens is 1. The van der Waals surface area contributed by atoms with Gasteiger partial charge in [-0.05, 0) is 65.4 Å². The van der Waals surface area contributed by atoms with E-state index in [1.807, 2.05) is 24.3 Å². The van der Waals surface area contributed by atoms with Gasteiger partial charge in [0.1, 0.15) is 12.4 Å². The van der Waals surface area contributed by atoms with Gasteiger partial charge in [0, 0.05) is 35.7 Å². The molecule has 5 heteroatoms. The van der Waals surface area contributed by atoms with Gasteiger partial charge >= 0.3 is 0 Å². The summed E-state index contributed by atoms with van der Waals surface area (Å²) in [6, 6.07) is 21.4. The summed E-state index contributed by atoms with van der Waals surface area (Å²) in [4.78, 5) is 6.24. The van der Waals surface area contributed by atoms with Crippen molar-refractivity contribution in [2.75, 3.05) is 20.8 Å². The molecule has 3 heterocycles. The second kappa shape index (κ2) is 8.16. The number of para-hydroxylation sites is 1. The molecule has 168 valence electrons. The molecule has 5 nitrogen and oxygen atoms in total. The van der Waals surface area contributed by atoms with Crippen molar-refractivity contribution in [3.63, 3.8) is 0 Å². The highest BCUT2D eigenvalue weighted by atomic mass is 16.5. The van der Waals surface area contributed by atoms with E-state index < -0.39 is 0 Å². The number of hydrogen-bond acceptors (Lipinski definition) is 4. The molecule has 33 heavy (non-hydrogen) atoms. The number of aromatic amines is 1. The highest BCUT2D eigenvalue weighted by molar-refractivity contribution is 5.85. The Kier molecular flexibility index (Phi) is 4.99. The molecule has 4 aromatic rings. The van der Waals surface area contributed by atoms with Crippen LogP contribution in [0, 0.1) is 0 Å². The Hall–Kier alpha value is -3.44. The smallest absolute Gasteiger partial charge is 0.161 e. The van der Waals surface area contributed by atoms with E-state index in [9.17, 15) is 0 Å². The Bertz CT molecular complexity index is 1330. The molecule has 0 spiro atoms. The minimum atomic E-state index is 0.363. The molecule has 0 saturated carbocycles. The Morgan fingerprint density at radius 3 is 2.76 bits per heavy atom. The summed E-state index contributed by atoms with van der Waals surface area (Å²) in [5.74, 6) is 2.43. The highest BCUT2D eigenvalue weighted by Gasteiger charge is 2.34. The number of hydrogen-bond donors (Lipinski definition) is 1. The maximum Gasteiger partial charge on any atom is 0.161 e. The van der Waals surface area contributed by atoms with Gasteiger partial charge in [-0.1, -0.05) is 30.3 Å². The van der Waals surface area contributed by atoms with E-state index in [4.69, 9.17) is 14.2 Å². The molecule has 0 aliphatic carbocycles. The summed E-state index contributed by atoms with van der Waals surface area (Å²) in [6.45, 7) is 2.49. The molecule has 2 aliphatic rings. The van der Waals surface area contributed by atoms with Gasteiger partial charge in [-0.3, -0.25) is 4.90 Å². The first kappa shape index (κ1) is 20.2. The summed E-state index contributed by atoms with van der Waals surface area (Å²) in [5.41, 5.74) is 7.85. The molecule has 1 aromatic heterocycles. The van der Waals surface area contributed by atoms with E-state index in [1.54, 1.807) is 14.2 Å². The Morgan fingerprint density at radius 2 is 1.88 bits per heavy atom. The van der Waals surface area contributed by atoms with E-state index in [1.165, 1.54) is 33.3 Å². The van der Waals surface area contributed by atoms with Gasteiger partial charge in [0.15, 0.2) is 11.5 Å². The zero-order valence-electron chi connectivity index (χ0n) is 19.1. The number of nitrogens with zero attached hydrogens (tertiary/aromatic N) is 1. The van der Waals surface area contributed by atoms with Crippen molar-refractivity contribution in [3.05, 3.63) is 88.6 Å². The van der Waals surface area contributed by atoms with Crippen LogP contribution < -0.4 is 14.2 Å². The van der Waals surface area contributed by atoms with Crippen LogP contribution in [0.15, 0.2) is 60.7 Å². The number of ether oxygens (including phenoxy) is 3. The topological polar surface area (TPSA) is 46.7 Å². The lowest BCUT2D eigenvalue weighted by molar-refractivity contribution is 0.158. The third kappa shape index (κ3) is 3.53. The van der Waals surface area contributed by atoms with Crippen molar-refractivity contribution in [2.24, 2.45) is 0 Å². The third-order valence-electron chi connectivity index (χ3n) is 7.08. The molecular weight excluding hydrogens is 412 g/mol. The monoisotopic (exact) mass is 440 g/mol. The van der Waals surface area contributed by atoms with E-state index in [0.717, 1.165) is 48.7 Å². The van der Waals surface area contributed by atoms with Gasteiger partial charge < -0.3 is 19.2 Å². The molecule has 0 amide bonds. The van der Waals surface area contributed by atoms with E-state index in [2.05, 4.69) is 46.3 Å². The Balaban J connectivity index is 1.30. The lowest BCUT2D eigenvalue weighted by Crippen LogP contribution is -2.39. The van der Waals surface area contributed by atoms with Crippen LogP contribution in [0.3, 0.4) is 0 Å². The lowest BCUT2D eigenvalue weighted by atomic mass is 9.85. The Morgan fingerprint density at radius 1 is 0.970 bits per heavy atom. The first-order chi connectivity index (χ1) is 16.2. The van der Waals surface area contributed by atoms with Crippen molar-refractivity contribution in [1.82, 2.24) is 9.88 Å². The minimum absolute atomic E-state index is 0.363. The van der Waals surface area contributed by atoms with Gasteiger partial charge in [0.05, 0.1) is 14.2 Å². The predicted molar refractivity (Wildman–Crippen MR) is 129 cm³/mol. The maximum atomic E-state index is 6.22. The first-order valence-electron chi connectivity index (χ1n) is 11.5. The second-order valence-electron chi connectivity index (χ2n) is 8.91. The molecule has 1 atom stereocenters. The fraction of sp³-hybridized carbons (Fsp3) is 0.286. The summed E-state index contributed by atoms with van der Waals surface area (Å²) < 4.78 is 17.3. The van der Waals surface area contributed by atoms with E-state index >= 15 is 0 Å². The summed E-state index contributed by atoms with van der Waals surface area (Å²) in [7, 11) is 3.40. The standard InChI is InChI=1S/C28H28N2O3/c1-31-20-7-5-6-18(12-20)17-33-28-13-19-10-11-30-16-25-23(21-8-3-4-9-24(21)29-25)14-26(30)22(19)15-27(28)32-2/h3-9,12-13,15,26,29H,10-11,14,16-17H2,1-2H3. The van der Waals surface area contributed by atoms with Crippen molar-refractivity contribution >= 4 is 10.9 Å². The minimum Gasteiger partial charge on any atom is -0.497 e. The van der Waals surface area contributed by atoms with Crippen molar-refractivity contribution < 1.29 is 14.2 Å². The van der Waals surface area contributed by atoms with Crippen LogP contribution in [0.25, 0.3) is 10.9 Å². The molecule has 2 aliphatic heterocycles. The molecule has 0 bridgehead atoms. The normalized spacial score (nSPS) is 17.2. The van der Waals surface area contributed by atoms with Crippen LogP contribution in [0.1, 0.15) is 34.0 Å². The largest absolute Gasteiger partial charge is 0.497 e. The summed E-state index contributed by atoms with van der Waals surface area (Å²) in [6.07, 6.45) is 2.03. The van der Waals surface area contributed by atoms with Crippen molar-refractivity contribution in [2.45, 2.75) is 32.0 Å². The van der Waals surface area contributed by atoms with Crippen LogP contribution in [0.2, 0.25) is 0 Å². The van der Waals surface area contributed by atoms with Crippen LogP contribution >= 0.6 is 0 Å². The molecule has 0 saturated heterocycles. The fourth-order valence-electron chi connectivity index (χ4n) is 5.41. The lowest BCUT2D eigenvalue weighted by Gasteiger charge is -2.40. The van der Waals surface area contributed by atoms with Crippen molar-refractivity contribution in [3.8, 4) is 17.2 Å². The first-order valence-corrected chi connectivity index (χ1v) is 11.5. The van der Waals surface area contributed by atoms with Gasteiger partial charge in [-0.25, -0.2) is 0 Å². The van der Waals surface area contributed by atoms with Crippen LogP contribution in [-0.4, -0.2) is 30.6 Å². The van der Waals surface area contributed by atoms with Crippen molar-refractivity contribution in [1.29, 1.82) is 0 Å². The number of benzene rings is 3. The van der Waals surface area contributed by atoms with Crippen LogP contribution in [0.5, 0.6) is 17.2 Å². The highest BCUT2D eigenvalue weighted by Crippen LogP contribution is 2.44. The number of nitrogens with one attached hydrogen (secondary N) is 1. The second-order valence-corrected chi connectivity index (χ2v) is 8.91. The number of fused-ring (bicyclic) bond motifs is 6. The molecule has 3 aromatic carbocycles.